The molecule has 0 saturated carbocycles. The van der Waals surface area contributed by atoms with Crippen molar-refractivity contribution < 1.29 is 9.53 Å². The van der Waals surface area contributed by atoms with Gasteiger partial charge in [-0.25, -0.2) is 0 Å². The van der Waals surface area contributed by atoms with E-state index in [0.29, 0.717) is 26.3 Å². The van der Waals surface area contributed by atoms with Crippen LogP contribution >= 0.6 is 0 Å². The van der Waals surface area contributed by atoms with Crippen molar-refractivity contribution in [2.24, 2.45) is 13.0 Å². The van der Waals surface area contributed by atoms with E-state index in [9.17, 15) is 9.59 Å². The van der Waals surface area contributed by atoms with Crippen molar-refractivity contribution >= 4 is 5.91 Å². The fourth-order valence-electron chi connectivity index (χ4n) is 3.51. The minimum absolute atomic E-state index is 0.0381. The number of aromatic nitrogens is 3. The molecule has 2 aromatic rings. The van der Waals surface area contributed by atoms with Crippen molar-refractivity contribution in [1.29, 1.82) is 0 Å². The monoisotopic (exact) mass is 358 g/mol. The van der Waals surface area contributed by atoms with Crippen LogP contribution in [0.4, 0.5) is 0 Å². The zero-order chi connectivity index (χ0) is 18.7. The molecule has 2 atom stereocenters. The average molecular weight is 358 g/mol. The van der Waals surface area contributed by atoms with E-state index in [2.05, 4.69) is 5.10 Å². The summed E-state index contributed by atoms with van der Waals surface area (Å²) >= 11 is 0. The highest BCUT2D eigenvalue weighted by atomic mass is 16.5. The molecule has 0 unspecified atom stereocenters. The molecule has 0 bridgehead atoms. The Balaban J connectivity index is 1.73. The molecule has 0 spiro atoms. The fourth-order valence-corrected chi connectivity index (χ4v) is 3.51. The summed E-state index contributed by atoms with van der Waals surface area (Å²) < 4.78 is 8.88. The number of hydrogen-bond acceptors (Lipinski definition) is 4. The standard InChI is InChI=1S/C19H26N4O3/c1-4-26-13-16-10-23(11-17(16)15-8-20-21(3)9-15)19(25)12-22-6-5-14(2)7-18(22)24/h5-9,16-17H,4,10-13H2,1-3H3/t16-,17-/m0/s1. The fraction of sp³-hybridized carbons (Fsp3) is 0.526. The highest BCUT2D eigenvalue weighted by Gasteiger charge is 2.36. The minimum Gasteiger partial charge on any atom is -0.381 e. The van der Waals surface area contributed by atoms with Gasteiger partial charge in [0.05, 0.1) is 12.8 Å². The van der Waals surface area contributed by atoms with Gasteiger partial charge in [0.15, 0.2) is 0 Å². The van der Waals surface area contributed by atoms with Gasteiger partial charge >= 0.3 is 0 Å². The van der Waals surface area contributed by atoms with Gasteiger partial charge < -0.3 is 14.2 Å². The number of ether oxygens (including phenoxy) is 1. The van der Waals surface area contributed by atoms with E-state index >= 15 is 0 Å². The molecule has 1 fully saturated rings. The van der Waals surface area contributed by atoms with E-state index in [1.54, 1.807) is 16.9 Å². The number of nitrogens with zero attached hydrogens (tertiary/aromatic N) is 4. The molecule has 2 aromatic heterocycles. The number of carbonyl (C=O) groups excluding carboxylic acids is 1. The molecule has 0 aromatic carbocycles. The van der Waals surface area contributed by atoms with Gasteiger partial charge in [0.2, 0.25) is 5.91 Å². The van der Waals surface area contributed by atoms with Crippen molar-refractivity contribution in [2.75, 3.05) is 26.3 Å². The lowest BCUT2D eigenvalue weighted by Crippen LogP contribution is -2.35. The largest absolute Gasteiger partial charge is 0.381 e. The summed E-state index contributed by atoms with van der Waals surface area (Å²) in [7, 11) is 1.89. The maximum absolute atomic E-state index is 12.8. The lowest BCUT2D eigenvalue weighted by atomic mass is 9.92. The Bertz CT molecular complexity index is 826. The molecule has 1 amide bonds. The third kappa shape index (κ3) is 4.04. The quantitative estimate of drug-likeness (QED) is 0.777. The summed E-state index contributed by atoms with van der Waals surface area (Å²) in [6, 6.07) is 3.39. The second-order valence-electron chi connectivity index (χ2n) is 6.94. The normalized spacial score (nSPS) is 19.9. The van der Waals surface area contributed by atoms with Crippen molar-refractivity contribution in [3.8, 4) is 0 Å². The highest BCUT2D eigenvalue weighted by molar-refractivity contribution is 5.76. The molecule has 0 N–H and O–H groups in total. The number of likely N-dealkylation sites (tertiary alicyclic amines) is 1. The Labute approximate surface area is 153 Å². The van der Waals surface area contributed by atoms with E-state index in [4.69, 9.17) is 4.74 Å². The topological polar surface area (TPSA) is 69.4 Å². The van der Waals surface area contributed by atoms with E-state index in [-0.39, 0.29) is 29.8 Å². The smallest absolute Gasteiger partial charge is 0.251 e. The number of pyridine rings is 1. The summed E-state index contributed by atoms with van der Waals surface area (Å²) in [5.41, 5.74) is 1.88. The van der Waals surface area contributed by atoms with Crippen molar-refractivity contribution in [3.05, 3.63) is 52.2 Å². The average Bonchev–Trinajstić information content (AvgIpc) is 3.21. The van der Waals surface area contributed by atoms with Crippen LogP contribution in [0.1, 0.15) is 24.0 Å². The minimum atomic E-state index is -0.146. The number of amides is 1. The SMILES string of the molecule is CCOC[C@@H]1CN(C(=O)Cn2ccc(C)cc2=O)C[C@H]1c1cnn(C)c1. The molecule has 3 heterocycles. The van der Waals surface area contributed by atoms with E-state index in [1.807, 2.05) is 44.3 Å². The molecule has 0 radical (unpaired) electrons. The molecule has 7 nitrogen and oxygen atoms in total. The van der Waals surface area contributed by atoms with Crippen LogP contribution in [0, 0.1) is 12.8 Å². The van der Waals surface area contributed by atoms with Crippen molar-refractivity contribution in [1.82, 2.24) is 19.2 Å². The van der Waals surface area contributed by atoms with Gasteiger partial charge in [-0.3, -0.25) is 14.3 Å². The maximum Gasteiger partial charge on any atom is 0.251 e. The maximum atomic E-state index is 12.8. The first kappa shape index (κ1) is 18.4. The van der Waals surface area contributed by atoms with Gasteiger partial charge in [-0.15, -0.1) is 0 Å². The summed E-state index contributed by atoms with van der Waals surface area (Å²) in [6.07, 6.45) is 5.55. The first-order valence-electron chi connectivity index (χ1n) is 8.99. The Morgan fingerprint density at radius 3 is 2.85 bits per heavy atom. The molecular formula is C19H26N4O3. The van der Waals surface area contributed by atoms with E-state index in [1.165, 1.54) is 4.57 Å². The molecule has 1 aliphatic rings. The number of rotatable bonds is 6. The summed E-state index contributed by atoms with van der Waals surface area (Å²) in [6.45, 7) is 6.45. The zero-order valence-corrected chi connectivity index (χ0v) is 15.6. The zero-order valence-electron chi connectivity index (χ0n) is 15.6. The molecule has 0 aliphatic carbocycles. The molecule has 26 heavy (non-hydrogen) atoms. The molecule has 3 rings (SSSR count). The lowest BCUT2D eigenvalue weighted by Gasteiger charge is -2.17. The van der Waals surface area contributed by atoms with Gasteiger partial charge in [-0.05, 0) is 31.0 Å². The van der Waals surface area contributed by atoms with Crippen LogP contribution in [0.3, 0.4) is 0 Å². The summed E-state index contributed by atoms with van der Waals surface area (Å²) in [5.74, 6) is 0.399. The Morgan fingerprint density at radius 1 is 1.38 bits per heavy atom. The third-order valence-electron chi connectivity index (χ3n) is 4.94. The van der Waals surface area contributed by atoms with Gasteiger partial charge in [-0.1, -0.05) is 0 Å². The molecule has 140 valence electrons. The third-order valence-corrected chi connectivity index (χ3v) is 4.94. The molecule has 7 heteroatoms. The van der Waals surface area contributed by atoms with E-state index < -0.39 is 0 Å². The van der Waals surface area contributed by atoms with Crippen molar-refractivity contribution in [3.63, 3.8) is 0 Å². The second-order valence-corrected chi connectivity index (χ2v) is 6.94. The van der Waals surface area contributed by atoms with Gasteiger partial charge in [0.1, 0.15) is 6.54 Å². The van der Waals surface area contributed by atoms with Gasteiger partial charge in [-0.2, -0.15) is 5.10 Å². The Hall–Kier alpha value is -2.41. The first-order valence-corrected chi connectivity index (χ1v) is 8.99. The molecular weight excluding hydrogens is 332 g/mol. The summed E-state index contributed by atoms with van der Waals surface area (Å²) in [4.78, 5) is 26.6. The van der Waals surface area contributed by atoms with Gasteiger partial charge in [0, 0.05) is 57.0 Å². The number of aryl methyl sites for hydroxylation is 2. The predicted molar refractivity (Wildman–Crippen MR) is 98.0 cm³/mol. The van der Waals surface area contributed by atoms with Crippen LogP contribution in [-0.2, 0) is 23.1 Å². The Morgan fingerprint density at radius 2 is 2.19 bits per heavy atom. The summed E-state index contributed by atoms with van der Waals surface area (Å²) in [5, 5.41) is 4.26. The predicted octanol–water partition coefficient (Wildman–Crippen LogP) is 1.17. The highest BCUT2D eigenvalue weighted by Crippen LogP contribution is 2.32. The first-order chi connectivity index (χ1) is 12.5. The lowest BCUT2D eigenvalue weighted by molar-refractivity contribution is -0.131. The molecule has 1 saturated heterocycles. The van der Waals surface area contributed by atoms with Crippen LogP contribution in [0.2, 0.25) is 0 Å². The van der Waals surface area contributed by atoms with Crippen LogP contribution in [0.25, 0.3) is 0 Å². The number of carbonyl (C=O) groups is 1. The second kappa shape index (κ2) is 7.86. The Kier molecular flexibility index (Phi) is 5.56. The van der Waals surface area contributed by atoms with Crippen LogP contribution in [-0.4, -0.2) is 51.5 Å². The van der Waals surface area contributed by atoms with E-state index in [0.717, 1.165) is 11.1 Å². The van der Waals surface area contributed by atoms with Crippen LogP contribution in [0.5, 0.6) is 0 Å². The van der Waals surface area contributed by atoms with Crippen molar-refractivity contribution in [2.45, 2.75) is 26.3 Å². The van der Waals surface area contributed by atoms with Crippen LogP contribution < -0.4 is 5.56 Å². The van der Waals surface area contributed by atoms with Gasteiger partial charge in [0.25, 0.3) is 5.56 Å². The number of hydrogen-bond donors (Lipinski definition) is 0. The van der Waals surface area contributed by atoms with Crippen LogP contribution in [0.15, 0.2) is 35.5 Å². The molecule has 1 aliphatic heterocycles.